The Bertz CT molecular complexity index is 1760. The first-order chi connectivity index (χ1) is 21.0. The van der Waals surface area contributed by atoms with Crippen LogP contribution in [0.2, 0.25) is 0 Å². The number of aromatic carboxylic acids is 1. The van der Waals surface area contributed by atoms with E-state index >= 15 is 0 Å². The minimum absolute atomic E-state index is 0.119. The molecule has 9 nitrogen and oxygen atoms in total. The highest BCUT2D eigenvalue weighted by Crippen LogP contribution is 2.43. The van der Waals surface area contributed by atoms with Crippen LogP contribution in [0.1, 0.15) is 33.9 Å². The summed E-state index contributed by atoms with van der Waals surface area (Å²) in [5.74, 6) is 0.302. The number of hydrogen-bond donors (Lipinski definition) is 3. The van der Waals surface area contributed by atoms with E-state index < -0.39 is 12.0 Å². The Balaban J connectivity index is 1.27. The number of nitrogens with one attached hydrogen (secondary N) is 2. The van der Waals surface area contributed by atoms with Crippen LogP contribution in [0, 0.1) is 0 Å². The molecule has 2 aromatic heterocycles. The predicted molar refractivity (Wildman–Crippen MR) is 166 cm³/mol. The molecular weight excluding hydrogens is 564 g/mol. The molecule has 2 atom stereocenters. The van der Waals surface area contributed by atoms with Gasteiger partial charge in [0.05, 0.1) is 17.3 Å². The summed E-state index contributed by atoms with van der Waals surface area (Å²) >= 11 is 5.80. The smallest absolute Gasteiger partial charge is 0.336 e. The van der Waals surface area contributed by atoms with E-state index in [-0.39, 0.29) is 24.1 Å². The second kappa shape index (κ2) is 12.2. The van der Waals surface area contributed by atoms with E-state index in [0.717, 1.165) is 11.4 Å². The van der Waals surface area contributed by atoms with Crippen molar-refractivity contribution in [2.24, 2.45) is 0 Å². The van der Waals surface area contributed by atoms with Crippen LogP contribution in [-0.4, -0.2) is 33.7 Å². The number of carbonyl (C=O) groups excluding carboxylic acids is 1. The van der Waals surface area contributed by atoms with Crippen molar-refractivity contribution in [3.8, 4) is 17.1 Å². The number of carbonyl (C=O) groups is 2. The standard InChI is InChI=1S/C33H26N4O5S/c38-29(20-41-23-8-2-1-3-9-23)35-21-13-15-22(16-14-21)37-31(30(36-33(37)43)26-12-6-7-19-34-26)28-18-17-27(42-28)24-10-4-5-11-25(24)32(39)40/h1-19,30-31H,20H2,(H,35,38)(H,36,43)(H,39,40)/t30-,31-/m0/s1. The molecule has 0 unspecified atom stereocenters. The number of rotatable bonds is 9. The number of carboxylic acid groups (broad SMARTS) is 1. The number of ether oxygens (including phenoxy) is 1. The van der Waals surface area contributed by atoms with Gasteiger partial charge in [-0.15, -0.1) is 0 Å². The van der Waals surface area contributed by atoms with Crippen molar-refractivity contribution in [3.05, 3.63) is 132 Å². The van der Waals surface area contributed by atoms with Gasteiger partial charge in [0.15, 0.2) is 11.7 Å². The maximum atomic E-state index is 12.5. The highest BCUT2D eigenvalue weighted by atomic mass is 32.1. The molecular formula is C33H26N4O5S. The number of amides is 1. The topological polar surface area (TPSA) is 117 Å². The lowest BCUT2D eigenvalue weighted by Crippen LogP contribution is -2.29. The van der Waals surface area contributed by atoms with Crippen LogP contribution in [0.3, 0.4) is 0 Å². The van der Waals surface area contributed by atoms with E-state index in [1.165, 1.54) is 0 Å². The van der Waals surface area contributed by atoms with Crippen LogP contribution in [0.15, 0.2) is 120 Å². The summed E-state index contributed by atoms with van der Waals surface area (Å²) in [4.78, 5) is 30.8. The lowest BCUT2D eigenvalue weighted by atomic mass is 10.0. The van der Waals surface area contributed by atoms with Crippen molar-refractivity contribution in [1.82, 2.24) is 10.3 Å². The maximum absolute atomic E-state index is 12.5. The van der Waals surface area contributed by atoms with E-state index in [1.807, 2.05) is 59.5 Å². The number of anilines is 2. The summed E-state index contributed by atoms with van der Waals surface area (Å²) in [6.45, 7) is -0.119. The Morgan fingerprint density at radius 2 is 1.67 bits per heavy atom. The first-order valence-corrected chi connectivity index (χ1v) is 13.9. The fraction of sp³-hybridized carbons (Fsp3) is 0.0909. The number of hydrogen-bond acceptors (Lipinski definition) is 6. The van der Waals surface area contributed by atoms with Gasteiger partial charge >= 0.3 is 5.97 Å². The summed E-state index contributed by atoms with van der Waals surface area (Å²) in [7, 11) is 0. The van der Waals surface area contributed by atoms with Gasteiger partial charge in [-0.25, -0.2) is 4.79 Å². The summed E-state index contributed by atoms with van der Waals surface area (Å²) in [5, 5.41) is 16.4. The third-order valence-electron chi connectivity index (χ3n) is 6.98. The molecule has 0 aliphatic carbocycles. The van der Waals surface area contributed by atoms with E-state index in [0.29, 0.717) is 33.6 Å². The second-order valence-electron chi connectivity index (χ2n) is 9.75. The number of nitrogens with zero attached hydrogens (tertiary/aromatic N) is 2. The molecule has 10 heteroatoms. The van der Waals surface area contributed by atoms with Gasteiger partial charge in [0, 0.05) is 23.1 Å². The third kappa shape index (κ3) is 5.95. The average Bonchev–Trinajstić information content (AvgIpc) is 3.66. The molecule has 0 radical (unpaired) electrons. The minimum Gasteiger partial charge on any atom is -0.484 e. The molecule has 43 heavy (non-hydrogen) atoms. The van der Waals surface area contributed by atoms with Crippen molar-refractivity contribution in [3.63, 3.8) is 0 Å². The van der Waals surface area contributed by atoms with Gasteiger partial charge in [-0.05, 0) is 78.9 Å². The number of benzene rings is 3. The van der Waals surface area contributed by atoms with Crippen LogP contribution < -0.4 is 20.3 Å². The molecule has 3 heterocycles. The highest BCUT2D eigenvalue weighted by molar-refractivity contribution is 7.80. The van der Waals surface area contributed by atoms with Crippen molar-refractivity contribution >= 4 is 40.6 Å². The Morgan fingerprint density at radius 3 is 2.42 bits per heavy atom. The van der Waals surface area contributed by atoms with Gasteiger partial charge in [-0.2, -0.15) is 0 Å². The van der Waals surface area contributed by atoms with E-state index in [2.05, 4.69) is 15.6 Å². The van der Waals surface area contributed by atoms with Gasteiger partial charge in [-0.1, -0.05) is 42.5 Å². The van der Waals surface area contributed by atoms with Crippen molar-refractivity contribution < 1.29 is 23.8 Å². The Labute approximate surface area is 252 Å². The first-order valence-electron chi connectivity index (χ1n) is 13.5. The number of aromatic nitrogens is 1. The molecule has 1 saturated heterocycles. The zero-order chi connectivity index (χ0) is 29.8. The monoisotopic (exact) mass is 590 g/mol. The summed E-state index contributed by atoms with van der Waals surface area (Å²) in [6.07, 6.45) is 1.72. The Kier molecular flexibility index (Phi) is 7.84. The molecule has 6 rings (SSSR count). The van der Waals surface area contributed by atoms with Crippen LogP contribution in [-0.2, 0) is 4.79 Å². The van der Waals surface area contributed by atoms with Crippen LogP contribution in [0.5, 0.6) is 5.75 Å². The molecule has 0 bridgehead atoms. The molecule has 3 aromatic carbocycles. The zero-order valence-corrected chi connectivity index (χ0v) is 23.5. The van der Waals surface area contributed by atoms with Gasteiger partial charge in [-0.3, -0.25) is 9.78 Å². The third-order valence-corrected chi connectivity index (χ3v) is 7.30. The predicted octanol–water partition coefficient (Wildman–Crippen LogP) is 6.23. The second-order valence-corrected chi connectivity index (χ2v) is 10.1. The van der Waals surface area contributed by atoms with Gasteiger partial charge in [0.2, 0.25) is 0 Å². The van der Waals surface area contributed by atoms with Gasteiger partial charge in [0.25, 0.3) is 5.91 Å². The minimum atomic E-state index is -1.04. The number of para-hydroxylation sites is 1. The normalized spacial score (nSPS) is 16.0. The number of carboxylic acids is 1. The van der Waals surface area contributed by atoms with E-state index in [4.69, 9.17) is 21.4 Å². The summed E-state index contributed by atoms with van der Waals surface area (Å²) in [6, 6.07) is 31.6. The maximum Gasteiger partial charge on any atom is 0.336 e. The fourth-order valence-electron chi connectivity index (χ4n) is 5.03. The van der Waals surface area contributed by atoms with Crippen LogP contribution >= 0.6 is 12.2 Å². The van der Waals surface area contributed by atoms with E-state index in [1.54, 1.807) is 60.8 Å². The van der Waals surface area contributed by atoms with Crippen molar-refractivity contribution in [1.29, 1.82) is 0 Å². The van der Waals surface area contributed by atoms with E-state index in [9.17, 15) is 14.7 Å². The van der Waals surface area contributed by atoms with Crippen LogP contribution in [0.4, 0.5) is 11.4 Å². The molecule has 0 saturated carbocycles. The largest absolute Gasteiger partial charge is 0.484 e. The molecule has 5 aromatic rings. The summed E-state index contributed by atoms with van der Waals surface area (Å²) < 4.78 is 11.9. The highest BCUT2D eigenvalue weighted by Gasteiger charge is 2.42. The quantitative estimate of drug-likeness (QED) is 0.172. The molecule has 1 fully saturated rings. The van der Waals surface area contributed by atoms with Gasteiger partial charge < -0.3 is 29.8 Å². The molecule has 214 valence electrons. The number of furan rings is 1. The fourth-order valence-corrected chi connectivity index (χ4v) is 5.38. The van der Waals surface area contributed by atoms with Crippen molar-refractivity contribution in [2.75, 3.05) is 16.8 Å². The first kappa shape index (κ1) is 27.7. The average molecular weight is 591 g/mol. The molecule has 3 N–H and O–H groups in total. The number of pyridine rings is 1. The molecule has 0 spiro atoms. The van der Waals surface area contributed by atoms with Gasteiger partial charge in [0.1, 0.15) is 23.3 Å². The zero-order valence-electron chi connectivity index (χ0n) is 22.7. The Morgan fingerprint density at radius 1 is 0.930 bits per heavy atom. The number of thiocarbonyl (C=S) groups is 1. The Hall–Kier alpha value is -5.48. The molecule has 1 amide bonds. The van der Waals surface area contributed by atoms with Crippen molar-refractivity contribution in [2.45, 2.75) is 12.1 Å². The lowest BCUT2D eigenvalue weighted by molar-refractivity contribution is -0.118. The summed E-state index contributed by atoms with van der Waals surface area (Å²) in [5.41, 5.74) is 2.76. The molecule has 1 aliphatic heterocycles. The van der Waals surface area contributed by atoms with Crippen LogP contribution in [0.25, 0.3) is 11.3 Å². The lowest BCUT2D eigenvalue weighted by Gasteiger charge is -2.26. The SMILES string of the molecule is O=C(COc1ccccc1)Nc1ccc(N2C(=S)N[C@@H](c3ccccn3)[C@@H]2c2ccc(-c3ccccc3C(=O)O)o2)cc1. The molecule has 1 aliphatic rings.